The maximum atomic E-state index is 5.56. The summed E-state index contributed by atoms with van der Waals surface area (Å²) in [5.74, 6) is 1.63. The third-order valence-electron chi connectivity index (χ3n) is 3.60. The molecule has 1 rings (SSSR count). The molecule has 1 unspecified atom stereocenters. The lowest BCUT2D eigenvalue weighted by molar-refractivity contribution is 0.130. The Kier molecular flexibility index (Phi) is 10.3. The molecule has 1 aliphatic heterocycles. The number of ether oxygens (including phenoxy) is 2. The second-order valence-corrected chi connectivity index (χ2v) is 5.67. The maximum absolute atomic E-state index is 5.56. The van der Waals surface area contributed by atoms with Gasteiger partial charge in [0.05, 0.1) is 6.61 Å². The van der Waals surface area contributed by atoms with E-state index in [0.717, 1.165) is 71.3 Å². The molecule has 1 fully saturated rings. The minimum absolute atomic E-state index is 0.635. The summed E-state index contributed by atoms with van der Waals surface area (Å²) in [6, 6.07) is 0. The second-order valence-electron chi connectivity index (χ2n) is 5.67. The van der Waals surface area contributed by atoms with Crippen LogP contribution >= 0.6 is 0 Å². The van der Waals surface area contributed by atoms with Crippen LogP contribution in [-0.2, 0) is 9.47 Å². The molecule has 1 atom stereocenters. The summed E-state index contributed by atoms with van der Waals surface area (Å²) in [4.78, 5) is 6.91. The Morgan fingerprint density at radius 1 is 1.33 bits per heavy atom. The average Bonchev–Trinajstić information content (AvgIpc) is 2.98. The molecule has 5 nitrogen and oxygen atoms in total. The fraction of sp³-hybridized carbons (Fsp3) is 0.938. The maximum Gasteiger partial charge on any atom is 0.193 e. The lowest BCUT2D eigenvalue weighted by Crippen LogP contribution is -2.41. The minimum Gasteiger partial charge on any atom is -0.381 e. The highest BCUT2D eigenvalue weighted by Gasteiger charge is 2.18. The van der Waals surface area contributed by atoms with E-state index in [1.54, 1.807) is 0 Å². The van der Waals surface area contributed by atoms with Gasteiger partial charge in [0.1, 0.15) is 0 Å². The van der Waals surface area contributed by atoms with Crippen molar-refractivity contribution in [2.24, 2.45) is 10.9 Å². The molecular formula is C16H33N3O2. The molecule has 1 aliphatic rings. The number of aliphatic imine (C=N–C) groups is 1. The number of hydrogen-bond donors (Lipinski definition) is 1. The first-order chi connectivity index (χ1) is 10.3. The van der Waals surface area contributed by atoms with Crippen LogP contribution in [0.4, 0.5) is 0 Å². The normalized spacial score (nSPS) is 19.0. The van der Waals surface area contributed by atoms with Crippen LogP contribution in [-0.4, -0.2) is 64.0 Å². The van der Waals surface area contributed by atoms with Gasteiger partial charge >= 0.3 is 0 Å². The summed E-state index contributed by atoms with van der Waals surface area (Å²) in [5.41, 5.74) is 0. The largest absolute Gasteiger partial charge is 0.381 e. The van der Waals surface area contributed by atoms with Crippen molar-refractivity contribution in [3.05, 3.63) is 0 Å². The van der Waals surface area contributed by atoms with Crippen LogP contribution in [0.5, 0.6) is 0 Å². The Hall–Kier alpha value is -0.810. The van der Waals surface area contributed by atoms with Gasteiger partial charge in [-0.1, -0.05) is 13.3 Å². The lowest BCUT2D eigenvalue weighted by Gasteiger charge is -2.24. The van der Waals surface area contributed by atoms with Crippen LogP contribution in [0, 0.1) is 5.92 Å². The molecule has 0 aromatic heterocycles. The molecule has 21 heavy (non-hydrogen) atoms. The zero-order valence-electron chi connectivity index (χ0n) is 14.1. The molecule has 124 valence electrons. The molecule has 0 saturated carbocycles. The third kappa shape index (κ3) is 8.27. The Morgan fingerprint density at radius 2 is 2.14 bits per heavy atom. The van der Waals surface area contributed by atoms with Gasteiger partial charge in [-0.05, 0) is 26.2 Å². The van der Waals surface area contributed by atoms with Gasteiger partial charge in [0.15, 0.2) is 5.96 Å². The van der Waals surface area contributed by atoms with Crippen molar-refractivity contribution >= 4 is 5.96 Å². The Bertz CT molecular complexity index is 279. The minimum atomic E-state index is 0.635. The first-order valence-electron chi connectivity index (χ1n) is 8.42. The predicted octanol–water partition coefficient (Wildman–Crippen LogP) is 2.13. The summed E-state index contributed by atoms with van der Waals surface area (Å²) in [5, 5.41) is 3.36. The van der Waals surface area contributed by atoms with Gasteiger partial charge in [-0.3, -0.25) is 4.99 Å². The summed E-state index contributed by atoms with van der Waals surface area (Å²) in [7, 11) is 2.11. The number of rotatable bonds is 10. The van der Waals surface area contributed by atoms with Gasteiger partial charge < -0.3 is 19.7 Å². The van der Waals surface area contributed by atoms with Crippen LogP contribution in [0.2, 0.25) is 0 Å². The van der Waals surface area contributed by atoms with E-state index in [2.05, 4.69) is 36.1 Å². The van der Waals surface area contributed by atoms with Crippen molar-refractivity contribution in [1.82, 2.24) is 10.2 Å². The smallest absolute Gasteiger partial charge is 0.193 e. The topological polar surface area (TPSA) is 46.1 Å². The first-order valence-corrected chi connectivity index (χ1v) is 8.42. The molecule has 0 aromatic rings. The quantitative estimate of drug-likeness (QED) is 0.381. The van der Waals surface area contributed by atoms with Crippen molar-refractivity contribution < 1.29 is 9.47 Å². The fourth-order valence-corrected chi connectivity index (χ4v) is 2.37. The van der Waals surface area contributed by atoms with Gasteiger partial charge in [-0.2, -0.15) is 0 Å². The molecule has 0 bridgehead atoms. The first kappa shape index (κ1) is 18.2. The van der Waals surface area contributed by atoms with E-state index in [-0.39, 0.29) is 0 Å². The molecule has 0 radical (unpaired) electrons. The molecule has 1 heterocycles. The van der Waals surface area contributed by atoms with Crippen molar-refractivity contribution in [2.45, 2.75) is 39.5 Å². The van der Waals surface area contributed by atoms with Gasteiger partial charge in [-0.25, -0.2) is 0 Å². The Balaban J connectivity index is 2.24. The summed E-state index contributed by atoms with van der Waals surface area (Å²) in [6.07, 6.45) is 4.49. The van der Waals surface area contributed by atoms with Gasteiger partial charge in [0.2, 0.25) is 0 Å². The van der Waals surface area contributed by atoms with Crippen molar-refractivity contribution in [3.8, 4) is 0 Å². The molecule has 0 aliphatic carbocycles. The number of nitrogens with one attached hydrogen (secondary N) is 1. The molecule has 0 spiro atoms. The molecule has 1 saturated heterocycles. The number of hydrogen-bond acceptors (Lipinski definition) is 3. The molecule has 1 N–H and O–H groups in total. The standard InChI is InChI=1S/C16H33N3O2/c1-4-6-10-20-11-7-9-18-16(17-5-2)19(3)13-15-8-12-21-14-15/h15H,4-14H2,1-3H3,(H,17,18). The van der Waals surface area contributed by atoms with Crippen molar-refractivity contribution in [3.63, 3.8) is 0 Å². The van der Waals surface area contributed by atoms with Crippen LogP contribution in [0.3, 0.4) is 0 Å². The highest BCUT2D eigenvalue weighted by molar-refractivity contribution is 5.79. The summed E-state index contributed by atoms with van der Waals surface area (Å²) >= 11 is 0. The zero-order chi connectivity index (χ0) is 15.3. The predicted molar refractivity (Wildman–Crippen MR) is 87.9 cm³/mol. The second kappa shape index (κ2) is 11.8. The van der Waals surface area contributed by atoms with Crippen LogP contribution in [0.25, 0.3) is 0 Å². The molecule has 5 heteroatoms. The van der Waals surface area contributed by atoms with Gasteiger partial charge in [0, 0.05) is 52.4 Å². The highest BCUT2D eigenvalue weighted by Crippen LogP contribution is 2.13. The number of guanidine groups is 1. The van der Waals surface area contributed by atoms with E-state index < -0.39 is 0 Å². The zero-order valence-corrected chi connectivity index (χ0v) is 14.1. The molecular weight excluding hydrogens is 266 g/mol. The number of unbranched alkanes of at least 4 members (excludes halogenated alkanes) is 1. The van der Waals surface area contributed by atoms with Crippen LogP contribution < -0.4 is 5.32 Å². The summed E-state index contributed by atoms with van der Waals surface area (Å²) < 4.78 is 11.0. The highest BCUT2D eigenvalue weighted by atomic mass is 16.5. The van der Waals surface area contributed by atoms with E-state index in [1.165, 1.54) is 6.42 Å². The van der Waals surface area contributed by atoms with Crippen molar-refractivity contribution in [2.75, 3.05) is 53.1 Å². The number of nitrogens with zero attached hydrogens (tertiary/aromatic N) is 2. The molecule has 0 aromatic carbocycles. The third-order valence-corrected chi connectivity index (χ3v) is 3.60. The monoisotopic (exact) mass is 299 g/mol. The van der Waals surface area contributed by atoms with E-state index >= 15 is 0 Å². The van der Waals surface area contributed by atoms with E-state index in [9.17, 15) is 0 Å². The lowest BCUT2D eigenvalue weighted by atomic mass is 10.1. The van der Waals surface area contributed by atoms with Crippen LogP contribution in [0.1, 0.15) is 39.5 Å². The fourth-order valence-electron chi connectivity index (χ4n) is 2.37. The Labute approximate surface area is 130 Å². The molecule has 0 amide bonds. The van der Waals surface area contributed by atoms with E-state index in [4.69, 9.17) is 9.47 Å². The van der Waals surface area contributed by atoms with E-state index in [0.29, 0.717) is 5.92 Å². The van der Waals surface area contributed by atoms with Gasteiger partial charge in [0.25, 0.3) is 0 Å². The summed E-state index contributed by atoms with van der Waals surface area (Å²) in [6.45, 7) is 10.5. The van der Waals surface area contributed by atoms with Crippen LogP contribution in [0.15, 0.2) is 4.99 Å². The Morgan fingerprint density at radius 3 is 2.81 bits per heavy atom. The SMILES string of the molecule is CCCCOCCCN=C(NCC)N(C)CC1CCOC1. The van der Waals surface area contributed by atoms with Crippen molar-refractivity contribution in [1.29, 1.82) is 0 Å². The van der Waals surface area contributed by atoms with Gasteiger partial charge in [-0.15, -0.1) is 0 Å². The average molecular weight is 299 g/mol. The van der Waals surface area contributed by atoms with E-state index in [1.807, 2.05) is 0 Å².